The van der Waals surface area contributed by atoms with Crippen molar-refractivity contribution in [3.05, 3.63) is 48.0 Å². The van der Waals surface area contributed by atoms with Gasteiger partial charge in [-0.05, 0) is 37.3 Å². The Labute approximate surface area is 82.0 Å². The van der Waals surface area contributed by atoms with Crippen molar-refractivity contribution in [3.63, 3.8) is 0 Å². The summed E-state index contributed by atoms with van der Waals surface area (Å²) < 4.78 is 5.69. The lowest BCUT2D eigenvalue weighted by atomic mass is 10.1. The standard InChI is InChI=1S/C13H9O/c1-9-6-7-13-11(8-9)10-4-2-3-5-12(10)14-13/h3-8H,1H3. The summed E-state index contributed by atoms with van der Waals surface area (Å²) >= 11 is 0. The van der Waals surface area contributed by atoms with E-state index in [-0.39, 0.29) is 0 Å². The van der Waals surface area contributed by atoms with Crippen LogP contribution in [0.5, 0.6) is 0 Å². The van der Waals surface area contributed by atoms with Gasteiger partial charge in [-0.1, -0.05) is 17.7 Å². The molecule has 0 saturated heterocycles. The molecule has 0 amide bonds. The molecule has 1 aromatic heterocycles. The number of furan rings is 1. The monoisotopic (exact) mass is 181 g/mol. The van der Waals surface area contributed by atoms with Gasteiger partial charge in [-0.25, -0.2) is 0 Å². The van der Waals surface area contributed by atoms with Gasteiger partial charge in [-0.15, -0.1) is 0 Å². The number of fused-ring (bicyclic) bond motifs is 3. The number of hydrogen-bond acceptors (Lipinski definition) is 1. The van der Waals surface area contributed by atoms with Gasteiger partial charge < -0.3 is 4.42 Å². The van der Waals surface area contributed by atoms with E-state index in [9.17, 15) is 0 Å². The summed E-state index contributed by atoms with van der Waals surface area (Å²) in [5, 5.41) is 2.32. The van der Waals surface area contributed by atoms with Crippen molar-refractivity contribution in [2.75, 3.05) is 0 Å². The van der Waals surface area contributed by atoms with E-state index >= 15 is 0 Å². The molecule has 2 aromatic carbocycles. The number of rotatable bonds is 0. The molecule has 1 nitrogen and oxygen atoms in total. The van der Waals surface area contributed by atoms with Gasteiger partial charge in [0.15, 0.2) is 0 Å². The Morgan fingerprint density at radius 3 is 2.86 bits per heavy atom. The van der Waals surface area contributed by atoms with Gasteiger partial charge in [-0.2, -0.15) is 0 Å². The van der Waals surface area contributed by atoms with Crippen LogP contribution in [-0.4, -0.2) is 0 Å². The van der Waals surface area contributed by atoms with Crippen LogP contribution in [0.2, 0.25) is 0 Å². The molecule has 0 unspecified atom stereocenters. The van der Waals surface area contributed by atoms with Crippen LogP contribution >= 0.6 is 0 Å². The Hall–Kier alpha value is -1.76. The Balaban J connectivity index is 2.58. The molecule has 0 aliphatic rings. The highest BCUT2D eigenvalue weighted by atomic mass is 16.3. The first-order chi connectivity index (χ1) is 6.84. The van der Waals surface area contributed by atoms with Crippen LogP contribution in [-0.2, 0) is 0 Å². The molecule has 0 spiro atoms. The maximum Gasteiger partial charge on any atom is 0.135 e. The van der Waals surface area contributed by atoms with Gasteiger partial charge in [0.25, 0.3) is 0 Å². The highest BCUT2D eigenvalue weighted by Crippen LogP contribution is 2.28. The molecule has 14 heavy (non-hydrogen) atoms. The van der Waals surface area contributed by atoms with Gasteiger partial charge in [0, 0.05) is 10.8 Å². The average molecular weight is 181 g/mol. The molecule has 3 aromatic rings. The van der Waals surface area contributed by atoms with E-state index in [0.29, 0.717) is 0 Å². The second kappa shape index (κ2) is 2.61. The van der Waals surface area contributed by atoms with E-state index < -0.39 is 0 Å². The molecule has 0 bridgehead atoms. The zero-order chi connectivity index (χ0) is 9.54. The first kappa shape index (κ1) is 7.63. The van der Waals surface area contributed by atoms with Crippen molar-refractivity contribution in [1.29, 1.82) is 0 Å². The minimum atomic E-state index is 0.935. The predicted octanol–water partition coefficient (Wildman–Crippen LogP) is 3.69. The summed E-state index contributed by atoms with van der Waals surface area (Å²) in [6.07, 6.45) is 0. The fourth-order valence-electron chi connectivity index (χ4n) is 1.78. The largest absolute Gasteiger partial charge is 0.456 e. The maximum atomic E-state index is 5.69. The molecule has 1 heterocycles. The topological polar surface area (TPSA) is 13.1 Å². The molecule has 0 saturated carbocycles. The van der Waals surface area contributed by atoms with Crippen LogP contribution < -0.4 is 0 Å². The number of aryl methyl sites for hydroxylation is 1. The molecular weight excluding hydrogens is 172 g/mol. The van der Waals surface area contributed by atoms with Gasteiger partial charge in [0.2, 0.25) is 0 Å². The Morgan fingerprint density at radius 1 is 1.07 bits per heavy atom. The lowest BCUT2D eigenvalue weighted by Crippen LogP contribution is -1.69. The molecule has 67 valence electrons. The molecule has 0 N–H and O–H groups in total. The molecular formula is C13H9O. The van der Waals surface area contributed by atoms with Gasteiger partial charge in [-0.3, -0.25) is 0 Å². The summed E-state index contributed by atoms with van der Waals surface area (Å²) in [6, 6.07) is 15.1. The fraction of sp³-hybridized carbons (Fsp3) is 0.0769. The molecule has 0 aliphatic heterocycles. The third-order valence-corrected chi connectivity index (χ3v) is 2.47. The second-order valence-corrected chi connectivity index (χ2v) is 3.52. The second-order valence-electron chi connectivity index (χ2n) is 3.52. The summed E-state index contributed by atoms with van der Waals surface area (Å²) in [5.74, 6) is 0. The van der Waals surface area contributed by atoms with Crippen molar-refractivity contribution in [1.82, 2.24) is 0 Å². The third-order valence-electron chi connectivity index (χ3n) is 2.47. The summed E-state index contributed by atoms with van der Waals surface area (Å²) in [4.78, 5) is 0. The summed E-state index contributed by atoms with van der Waals surface area (Å²) in [6.45, 7) is 2.09. The Morgan fingerprint density at radius 2 is 1.93 bits per heavy atom. The third kappa shape index (κ3) is 0.956. The summed E-state index contributed by atoms with van der Waals surface area (Å²) in [7, 11) is 0. The normalized spacial score (nSPS) is 11.2. The molecule has 0 atom stereocenters. The van der Waals surface area contributed by atoms with Crippen LogP contribution in [0.25, 0.3) is 21.9 Å². The minimum Gasteiger partial charge on any atom is -0.456 e. The van der Waals surface area contributed by atoms with Crippen LogP contribution in [0, 0.1) is 13.0 Å². The minimum absolute atomic E-state index is 0.935. The zero-order valence-electron chi connectivity index (χ0n) is 7.87. The highest BCUT2D eigenvalue weighted by molar-refractivity contribution is 6.04. The molecule has 0 aliphatic carbocycles. The number of hydrogen-bond donors (Lipinski definition) is 0. The zero-order valence-corrected chi connectivity index (χ0v) is 7.87. The van der Waals surface area contributed by atoms with E-state index in [1.807, 2.05) is 24.3 Å². The quantitative estimate of drug-likeness (QED) is 0.515. The van der Waals surface area contributed by atoms with E-state index in [2.05, 4.69) is 25.1 Å². The van der Waals surface area contributed by atoms with Crippen molar-refractivity contribution in [2.24, 2.45) is 0 Å². The molecule has 0 fully saturated rings. The van der Waals surface area contributed by atoms with Crippen molar-refractivity contribution in [2.45, 2.75) is 6.92 Å². The van der Waals surface area contributed by atoms with E-state index in [4.69, 9.17) is 4.42 Å². The van der Waals surface area contributed by atoms with Crippen molar-refractivity contribution in [3.8, 4) is 0 Å². The van der Waals surface area contributed by atoms with E-state index in [1.165, 1.54) is 10.9 Å². The lowest BCUT2D eigenvalue weighted by Gasteiger charge is -1.90. The molecule has 1 radical (unpaired) electrons. The van der Waals surface area contributed by atoms with Crippen LogP contribution in [0.1, 0.15) is 5.56 Å². The Kier molecular flexibility index (Phi) is 1.42. The van der Waals surface area contributed by atoms with Crippen LogP contribution in [0.3, 0.4) is 0 Å². The average Bonchev–Trinajstić information content (AvgIpc) is 2.56. The van der Waals surface area contributed by atoms with Gasteiger partial charge >= 0.3 is 0 Å². The van der Waals surface area contributed by atoms with Crippen molar-refractivity contribution < 1.29 is 4.42 Å². The van der Waals surface area contributed by atoms with E-state index in [1.54, 1.807) is 0 Å². The Bertz CT molecular complexity index is 605. The predicted molar refractivity (Wildman–Crippen MR) is 57.3 cm³/mol. The van der Waals surface area contributed by atoms with Gasteiger partial charge in [0.1, 0.15) is 11.2 Å². The first-order valence-corrected chi connectivity index (χ1v) is 4.63. The van der Waals surface area contributed by atoms with Crippen molar-refractivity contribution >= 4 is 21.9 Å². The fourth-order valence-corrected chi connectivity index (χ4v) is 1.78. The molecule has 3 rings (SSSR count). The number of benzene rings is 2. The smallest absolute Gasteiger partial charge is 0.135 e. The lowest BCUT2D eigenvalue weighted by molar-refractivity contribution is 0.669. The molecule has 1 heteroatoms. The van der Waals surface area contributed by atoms with Gasteiger partial charge in [0.05, 0.1) is 0 Å². The maximum absolute atomic E-state index is 5.69. The first-order valence-electron chi connectivity index (χ1n) is 4.63. The summed E-state index contributed by atoms with van der Waals surface area (Å²) in [5.41, 5.74) is 3.14. The highest BCUT2D eigenvalue weighted by Gasteiger charge is 2.04. The van der Waals surface area contributed by atoms with Crippen LogP contribution in [0.15, 0.2) is 40.8 Å². The van der Waals surface area contributed by atoms with E-state index in [0.717, 1.165) is 16.6 Å². The van der Waals surface area contributed by atoms with Crippen LogP contribution in [0.4, 0.5) is 0 Å². The SMILES string of the molecule is Cc1ccc2oc3cc[c]cc3c2c1.